The van der Waals surface area contributed by atoms with Gasteiger partial charge < -0.3 is 9.84 Å². The maximum absolute atomic E-state index is 9.62. The summed E-state index contributed by atoms with van der Waals surface area (Å²) in [6.07, 6.45) is 2.13. The molecule has 0 aromatic heterocycles. The van der Waals surface area contributed by atoms with Crippen molar-refractivity contribution in [2.24, 2.45) is 11.8 Å². The number of ether oxygens (including phenoxy) is 1. The normalized spacial score (nSPS) is 15.9. The lowest BCUT2D eigenvalue weighted by Crippen LogP contribution is -2.19. The van der Waals surface area contributed by atoms with Gasteiger partial charge in [0, 0.05) is 6.61 Å². The summed E-state index contributed by atoms with van der Waals surface area (Å²) in [4.78, 5) is 0. The molecular weight excluding hydrogens is 224 g/mol. The Balaban J connectivity index is 2.21. The molecule has 18 heavy (non-hydrogen) atoms. The van der Waals surface area contributed by atoms with E-state index in [4.69, 9.17) is 4.74 Å². The third kappa shape index (κ3) is 5.48. The first-order chi connectivity index (χ1) is 8.63. The van der Waals surface area contributed by atoms with Crippen LogP contribution in [0.4, 0.5) is 0 Å². The smallest absolute Gasteiger partial charge is 0.0743 e. The van der Waals surface area contributed by atoms with Gasteiger partial charge >= 0.3 is 0 Å². The molecule has 0 radical (unpaired) electrons. The molecule has 3 unspecified atom stereocenters. The Morgan fingerprint density at radius 1 is 1.28 bits per heavy atom. The van der Waals surface area contributed by atoms with Gasteiger partial charge in [0.2, 0.25) is 0 Å². The van der Waals surface area contributed by atoms with Crippen LogP contribution in [0.25, 0.3) is 0 Å². The molecule has 0 amide bonds. The molecule has 2 nitrogen and oxygen atoms in total. The van der Waals surface area contributed by atoms with Crippen LogP contribution in [0, 0.1) is 11.8 Å². The summed E-state index contributed by atoms with van der Waals surface area (Å²) in [6, 6.07) is 10.2. The first-order valence-electron chi connectivity index (χ1n) is 6.55. The minimum atomic E-state index is -0.415. The Hall–Kier alpha value is -1.12. The fourth-order valence-electron chi connectivity index (χ4n) is 2.03. The topological polar surface area (TPSA) is 29.5 Å². The summed E-state index contributed by atoms with van der Waals surface area (Å²) in [5.74, 6) is 0.677. The molecule has 0 aliphatic heterocycles. The van der Waals surface area contributed by atoms with Crippen molar-refractivity contribution in [3.05, 3.63) is 48.6 Å². The zero-order valence-electron chi connectivity index (χ0n) is 11.4. The van der Waals surface area contributed by atoms with Crippen molar-refractivity contribution in [1.82, 2.24) is 0 Å². The molecule has 1 aromatic carbocycles. The average molecular weight is 248 g/mol. The molecule has 0 bridgehead atoms. The van der Waals surface area contributed by atoms with E-state index in [2.05, 4.69) is 25.6 Å². The van der Waals surface area contributed by atoms with E-state index in [0.29, 0.717) is 12.5 Å². The third-order valence-electron chi connectivity index (χ3n) is 3.11. The second-order valence-corrected chi connectivity index (χ2v) is 5.05. The summed E-state index contributed by atoms with van der Waals surface area (Å²) in [5.41, 5.74) is 1.20. The molecule has 0 heterocycles. The molecule has 1 N–H and O–H groups in total. The summed E-state index contributed by atoms with van der Waals surface area (Å²) >= 11 is 0. The van der Waals surface area contributed by atoms with Crippen LogP contribution in [0.1, 0.15) is 25.8 Å². The molecule has 1 aromatic rings. The van der Waals surface area contributed by atoms with E-state index in [-0.39, 0.29) is 5.92 Å². The van der Waals surface area contributed by atoms with Crippen LogP contribution in [0.3, 0.4) is 0 Å². The molecule has 0 fully saturated rings. The maximum Gasteiger partial charge on any atom is 0.0743 e. The Bertz CT molecular complexity index is 334. The van der Waals surface area contributed by atoms with Crippen LogP contribution in [-0.2, 0) is 11.3 Å². The third-order valence-corrected chi connectivity index (χ3v) is 3.11. The standard InChI is InChI=1S/C16H24O2/c1-4-16(17)14(3)10-13(2)11-18-12-15-8-6-5-7-9-15/h4-9,13-14,16-17H,1,10-12H2,2-3H3. The van der Waals surface area contributed by atoms with Gasteiger partial charge in [-0.3, -0.25) is 0 Å². The van der Waals surface area contributed by atoms with Gasteiger partial charge in [-0.25, -0.2) is 0 Å². The summed E-state index contributed by atoms with van der Waals surface area (Å²) < 4.78 is 5.69. The molecule has 0 spiro atoms. The Morgan fingerprint density at radius 3 is 2.56 bits per heavy atom. The van der Waals surface area contributed by atoms with Crippen molar-refractivity contribution in [2.75, 3.05) is 6.61 Å². The number of hydrogen-bond acceptors (Lipinski definition) is 2. The van der Waals surface area contributed by atoms with E-state index in [0.717, 1.165) is 13.0 Å². The van der Waals surface area contributed by atoms with E-state index in [1.165, 1.54) is 5.56 Å². The van der Waals surface area contributed by atoms with Gasteiger partial charge in [0.05, 0.1) is 12.7 Å². The highest BCUT2D eigenvalue weighted by atomic mass is 16.5. The van der Waals surface area contributed by atoms with Crippen molar-refractivity contribution < 1.29 is 9.84 Å². The van der Waals surface area contributed by atoms with Gasteiger partial charge in [0.15, 0.2) is 0 Å². The van der Waals surface area contributed by atoms with E-state index < -0.39 is 6.10 Å². The first kappa shape index (κ1) is 14.9. The fraction of sp³-hybridized carbons (Fsp3) is 0.500. The van der Waals surface area contributed by atoms with Gasteiger partial charge in [-0.15, -0.1) is 6.58 Å². The number of benzene rings is 1. The van der Waals surface area contributed by atoms with Crippen molar-refractivity contribution in [1.29, 1.82) is 0 Å². The molecular formula is C16H24O2. The van der Waals surface area contributed by atoms with E-state index in [1.807, 2.05) is 25.1 Å². The van der Waals surface area contributed by atoms with Crippen LogP contribution in [0.2, 0.25) is 0 Å². The molecule has 0 aliphatic rings. The molecule has 0 saturated heterocycles. The average Bonchev–Trinajstić information content (AvgIpc) is 2.38. The van der Waals surface area contributed by atoms with Gasteiger partial charge in [0.1, 0.15) is 0 Å². The monoisotopic (exact) mass is 248 g/mol. The highest BCUT2D eigenvalue weighted by Gasteiger charge is 2.14. The predicted molar refractivity (Wildman–Crippen MR) is 75.2 cm³/mol. The number of hydrogen-bond donors (Lipinski definition) is 1. The summed E-state index contributed by atoms with van der Waals surface area (Å²) in [5, 5.41) is 9.62. The van der Waals surface area contributed by atoms with Gasteiger partial charge in [-0.2, -0.15) is 0 Å². The Morgan fingerprint density at radius 2 is 1.94 bits per heavy atom. The lowest BCUT2D eigenvalue weighted by Gasteiger charge is -2.20. The first-order valence-corrected chi connectivity index (χ1v) is 6.55. The minimum absolute atomic E-state index is 0.234. The molecule has 3 atom stereocenters. The molecule has 100 valence electrons. The molecule has 1 rings (SSSR count). The second kappa shape index (κ2) is 8.06. The Kier molecular flexibility index (Phi) is 6.69. The van der Waals surface area contributed by atoms with Gasteiger partial charge in [-0.1, -0.05) is 50.3 Å². The highest BCUT2D eigenvalue weighted by Crippen LogP contribution is 2.16. The van der Waals surface area contributed by atoms with Crippen LogP contribution in [-0.4, -0.2) is 17.8 Å². The maximum atomic E-state index is 9.62. The lowest BCUT2D eigenvalue weighted by molar-refractivity contribution is 0.0723. The summed E-state index contributed by atoms with van der Waals surface area (Å²) in [6.45, 7) is 9.18. The van der Waals surface area contributed by atoms with Crippen LogP contribution in [0.5, 0.6) is 0 Å². The zero-order valence-corrected chi connectivity index (χ0v) is 11.4. The minimum Gasteiger partial charge on any atom is -0.389 e. The van der Waals surface area contributed by atoms with Crippen molar-refractivity contribution >= 4 is 0 Å². The largest absolute Gasteiger partial charge is 0.389 e. The summed E-state index contributed by atoms with van der Waals surface area (Å²) in [7, 11) is 0. The van der Waals surface area contributed by atoms with Crippen LogP contribution in [0.15, 0.2) is 43.0 Å². The highest BCUT2D eigenvalue weighted by molar-refractivity contribution is 5.13. The van der Waals surface area contributed by atoms with Crippen LogP contribution < -0.4 is 0 Å². The molecule has 0 saturated carbocycles. The van der Waals surface area contributed by atoms with E-state index in [1.54, 1.807) is 6.08 Å². The number of aliphatic hydroxyl groups is 1. The predicted octanol–water partition coefficient (Wildman–Crippen LogP) is 3.41. The van der Waals surface area contributed by atoms with Crippen LogP contribution >= 0.6 is 0 Å². The van der Waals surface area contributed by atoms with Crippen molar-refractivity contribution in [3.63, 3.8) is 0 Å². The molecule has 2 heteroatoms. The lowest BCUT2D eigenvalue weighted by atomic mass is 9.93. The zero-order chi connectivity index (χ0) is 13.4. The van der Waals surface area contributed by atoms with Gasteiger partial charge in [-0.05, 0) is 23.8 Å². The van der Waals surface area contributed by atoms with E-state index in [9.17, 15) is 5.11 Å². The Labute approximate surface area is 110 Å². The van der Waals surface area contributed by atoms with Crippen molar-refractivity contribution in [3.8, 4) is 0 Å². The quantitative estimate of drug-likeness (QED) is 0.714. The number of aliphatic hydroxyl groups excluding tert-OH is 1. The molecule has 0 aliphatic carbocycles. The van der Waals surface area contributed by atoms with Gasteiger partial charge in [0.25, 0.3) is 0 Å². The second-order valence-electron chi connectivity index (χ2n) is 5.05. The van der Waals surface area contributed by atoms with E-state index >= 15 is 0 Å². The number of rotatable bonds is 8. The fourth-order valence-corrected chi connectivity index (χ4v) is 2.03. The SMILES string of the molecule is C=CC(O)C(C)CC(C)COCc1ccccc1. The van der Waals surface area contributed by atoms with Crippen molar-refractivity contribution in [2.45, 2.75) is 33.0 Å².